The summed E-state index contributed by atoms with van der Waals surface area (Å²) >= 11 is 0. The van der Waals surface area contributed by atoms with E-state index in [1.165, 1.54) is 0 Å². The standard InChI is InChI=1S/C19H22N6O4/c1-14-16(22-29-21-14)11-24-7-9-25(10-8-24)18(26)13-27-12-17-20-19(23-28-17)15-5-3-2-4-6-15/h2-6H,7-13H2,1H3. The molecule has 0 radical (unpaired) electrons. The van der Waals surface area contributed by atoms with Crippen molar-refractivity contribution in [3.63, 3.8) is 0 Å². The molecule has 0 spiro atoms. The van der Waals surface area contributed by atoms with Crippen molar-refractivity contribution >= 4 is 5.91 Å². The van der Waals surface area contributed by atoms with Gasteiger partial charge in [0.05, 0.1) is 0 Å². The summed E-state index contributed by atoms with van der Waals surface area (Å²) in [7, 11) is 0. The molecule has 2 aromatic heterocycles. The van der Waals surface area contributed by atoms with Crippen LogP contribution < -0.4 is 0 Å². The molecule has 10 nitrogen and oxygen atoms in total. The van der Waals surface area contributed by atoms with E-state index in [0.717, 1.165) is 30.0 Å². The predicted molar refractivity (Wildman–Crippen MR) is 100 cm³/mol. The molecule has 0 N–H and O–H groups in total. The van der Waals surface area contributed by atoms with E-state index in [0.29, 0.717) is 31.3 Å². The molecule has 10 heteroatoms. The Labute approximate surface area is 167 Å². The number of aryl methyl sites for hydroxylation is 1. The topological polar surface area (TPSA) is 111 Å². The monoisotopic (exact) mass is 398 g/mol. The zero-order chi connectivity index (χ0) is 20.1. The molecule has 0 atom stereocenters. The number of hydrogen-bond donors (Lipinski definition) is 0. The van der Waals surface area contributed by atoms with Crippen molar-refractivity contribution in [3.05, 3.63) is 47.6 Å². The molecule has 4 rings (SSSR count). The van der Waals surface area contributed by atoms with Gasteiger partial charge in [-0.05, 0) is 6.92 Å². The molecule has 1 saturated heterocycles. The third-order valence-electron chi connectivity index (χ3n) is 4.80. The Morgan fingerprint density at radius 2 is 1.90 bits per heavy atom. The first-order valence-corrected chi connectivity index (χ1v) is 9.43. The normalized spacial score (nSPS) is 15.0. The van der Waals surface area contributed by atoms with E-state index in [1.807, 2.05) is 37.3 Å². The van der Waals surface area contributed by atoms with Crippen LogP contribution in [0.15, 0.2) is 39.5 Å². The average Bonchev–Trinajstić information content (AvgIpc) is 3.38. The number of amides is 1. The number of ether oxygens (including phenoxy) is 1. The number of aromatic nitrogens is 4. The summed E-state index contributed by atoms with van der Waals surface area (Å²) < 4.78 is 15.4. The summed E-state index contributed by atoms with van der Waals surface area (Å²) in [6.45, 7) is 5.45. The van der Waals surface area contributed by atoms with Gasteiger partial charge in [0.25, 0.3) is 5.89 Å². The van der Waals surface area contributed by atoms with Gasteiger partial charge >= 0.3 is 0 Å². The Bertz CT molecular complexity index is 933. The Morgan fingerprint density at radius 1 is 1.10 bits per heavy atom. The maximum Gasteiger partial charge on any atom is 0.252 e. The van der Waals surface area contributed by atoms with Crippen LogP contribution in [0.3, 0.4) is 0 Å². The lowest BCUT2D eigenvalue weighted by Crippen LogP contribution is -2.49. The van der Waals surface area contributed by atoms with Gasteiger partial charge in [-0.3, -0.25) is 9.69 Å². The lowest BCUT2D eigenvalue weighted by atomic mass is 10.2. The number of carbonyl (C=O) groups is 1. The van der Waals surface area contributed by atoms with E-state index >= 15 is 0 Å². The summed E-state index contributed by atoms with van der Waals surface area (Å²) in [6.07, 6.45) is 0. The molecule has 1 fully saturated rings. The molecule has 3 heterocycles. The third-order valence-corrected chi connectivity index (χ3v) is 4.80. The van der Waals surface area contributed by atoms with E-state index in [4.69, 9.17) is 13.9 Å². The minimum absolute atomic E-state index is 0.0185. The Hall–Kier alpha value is -3.11. The highest BCUT2D eigenvalue weighted by molar-refractivity contribution is 5.77. The predicted octanol–water partition coefficient (Wildman–Crippen LogP) is 1.29. The van der Waals surface area contributed by atoms with Crippen molar-refractivity contribution < 1.29 is 18.7 Å². The molecule has 0 unspecified atom stereocenters. The van der Waals surface area contributed by atoms with Gasteiger partial charge < -0.3 is 14.2 Å². The average molecular weight is 398 g/mol. The van der Waals surface area contributed by atoms with Crippen LogP contribution in [0.25, 0.3) is 11.4 Å². The van der Waals surface area contributed by atoms with Gasteiger partial charge in [-0.15, -0.1) is 0 Å². The second-order valence-electron chi connectivity index (χ2n) is 6.82. The van der Waals surface area contributed by atoms with Crippen LogP contribution in [-0.2, 0) is 22.7 Å². The lowest BCUT2D eigenvalue weighted by molar-refractivity contribution is -0.138. The molecule has 152 valence electrons. The highest BCUT2D eigenvalue weighted by Crippen LogP contribution is 2.15. The van der Waals surface area contributed by atoms with Crippen molar-refractivity contribution in [2.45, 2.75) is 20.1 Å². The summed E-state index contributed by atoms with van der Waals surface area (Å²) in [5.74, 6) is 0.800. The van der Waals surface area contributed by atoms with Crippen molar-refractivity contribution in [3.8, 4) is 11.4 Å². The fraction of sp³-hybridized carbons (Fsp3) is 0.421. The van der Waals surface area contributed by atoms with Gasteiger partial charge in [0.15, 0.2) is 0 Å². The second kappa shape index (κ2) is 8.93. The van der Waals surface area contributed by atoms with Crippen molar-refractivity contribution in [1.82, 2.24) is 30.3 Å². The van der Waals surface area contributed by atoms with Crippen LogP contribution >= 0.6 is 0 Å². The number of carbonyl (C=O) groups excluding carboxylic acids is 1. The van der Waals surface area contributed by atoms with E-state index in [9.17, 15) is 4.79 Å². The third kappa shape index (κ3) is 4.84. The van der Waals surface area contributed by atoms with E-state index in [-0.39, 0.29) is 19.1 Å². The Balaban J connectivity index is 1.19. The van der Waals surface area contributed by atoms with Gasteiger partial charge in [0.1, 0.15) is 24.6 Å². The van der Waals surface area contributed by atoms with Gasteiger partial charge in [-0.25, -0.2) is 4.63 Å². The highest BCUT2D eigenvalue weighted by Gasteiger charge is 2.22. The molecule has 1 aliphatic rings. The first-order valence-electron chi connectivity index (χ1n) is 9.43. The van der Waals surface area contributed by atoms with Crippen LogP contribution in [0.4, 0.5) is 0 Å². The molecule has 1 aliphatic heterocycles. The maximum absolute atomic E-state index is 12.4. The van der Waals surface area contributed by atoms with Crippen molar-refractivity contribution in [1.29, 1.82) is 0 Å². The molecule has 3 aromatic rings. The van der Waals surface area contributed by atoms with Gasteiger partial charge in [-0.2, -0.15) is 4.98 Å². The van der Waals surface area contributed by atoms with E-state index < -0.39 is 0 Å². The fourth-order valence-electron chi connectivity index (χ4n) is 3.10. The molecule has 29 heavy (non-hydrogen) atoms. The van der Waals surface area contributed by atoms with Crippen LogP contribution in [0.1, 0.15) is 17.3 Å². The van der Waals surface area contributed by atoms with Crippen LogP contribution in [0.2, 0.25) is 0 Å². The number of benzene rings is 1. The molecule has 0 aliphatic carbocycles. The second-order valence-corrected chi connectivity index (χ2v) is 6.82. The minimum atomic E-state index is -0.0493. The number of nitrogens with zero attached hydrogens (tertiary/aromatic N) is 6. The maximum atomic E-state index is 12.4. The molecular weight excluding hydrogens is 376 g/mol. The Morgan fingerprint density at radius 3 is 2.62 bits per heavy atom. The zero-order valence-electron chi connectivity index (χ0n) is 16.2. The quantitative estimate of drug-likeness (QED) is 0.581. The SMILES string of the molecule is Cc1nonc1CN1CCN(C(=O)COCc2nc(-c3ccccc3)no2)CC1. The lowest BCUT2D eigenvalue weighted by Gasteiger charge is -2.34. The molecule has 1 aromatic carbocycles. The largest absolute Gasteiger partial charge is 0.362 e. The molecule has 0 bridgehead atoms. The van der Waals surface area contributed by atoms with Gasteiger partial charge in [-0.1, -0.05) is 45.8 Å². The van der Waals surface area contributed by atoms with E-state index in [1.54, 1.807) is 4.90 Å². The Kier molecular flexibility index (Phi) is 5.92. The first kappa shape index (κ1) is 19.2. The zero-order valence-corrected chi connectivity index (χ0v) is 16.2. The van der Waals surface area contributed by atoms with Crippen LogP contribution in [0.5, 0.6) is 0 Å². The molecular formula is C19H22N6O4. The first-order chi connectivity index (χ1) is 14.2. The van der Waals surface area contributed by atoms with Gasteiger partial charge in [0, 0.05) is 38.3 Å². The highest BCUT2D eigenvalue weighted by atomic mass is 16.6. The van der Waals surface area contributed by atoms with Crippen LogP contribution in [-0.4, -0.2) is 68.9 Å². The summed E-state index contributed by atoms with van der Waals surface area (Å²) in [4.78, 5) is 20.7. The van der Waals surface area contributed by atoms with Gasteiger partial charge in [0.2, 0.25) is 11.7 Å². The van der Waals surface area contributed by atoms with E-state index in [2.05, 4.69) is 25.4 Å². The fourth-order valence-corrected chi connectivity index (χ4v) is 3.10. The summed E-state index contributed by atoms with van der Waals surface area (Å²) in [6, 6.07) is 9.54. The number of rotatable bonds is 7. The smallest absolute Gasteiger partial charge is 0.252 e. The van der Waals surface area contributed by atoms with Crippen molar-refractivity contribution in [2.24, 2.45) is 0 Å². The molecule has 0 saturated carbocycles. The minimum Gasteiger partial charge on any atom is -0.362 e. The summed E-state index contributed by atoms with van der Waals surface area (Å²) in [5.41, 5.74) is 2.50. The summed E-state index contributed by atoms with van der Waals surface area (Å²) in [5, 5.41) is 11.6. The van der Waals surface area contributed by atoms with Crippen molar-refractivity contribution in [2.75, 3.05) is 32.8 Å². The number of piperazine rings is 1. The van der Waals surface area contributed by atoms with Crippen LogP contribution in [0, 0.1) is 6.92 Å². The number of hydrogen-bond acceptors (Lipinski definition) is 9. The molecule has 1 amide bonds.